The van der Waals surface area contributed by atoms with Crippen molar-refractivity contribution in [2.45, 2.75) is 24.9 Å². The molecule has 2 nitrogen and oxygen atoms in total. The Morgan fingerprint density at radius 1 is 1.38 bits per heavy atom. The zero-order chi connectivity index (χ0) is 9.22. The predicted octanol–water partition coefficient (Wildman–Crippen LogP) is 2.09. The predicted molar refractivity (Wildman–Crippen MR) is 38.1 cm³/mol. The van der Waals surface area contributed by atoms with Crippen LogP contribution in [0.5, 0.6) is 0 Å². The quantitative estimate of drug-likeness (QED) is 0.663. The van der Waals surface area contributed by atoms with Gasteiger partial charge in [0.2, 0.25) is 0 Å². The average molecular weight is 188 g/mol. The van der Waals surface area contributed by atoms with Crippen molar-refractivity contribution in [3.05, 3.63) is 17.0 Å². The number of rotatable bonds is 0. The number of alkyl halides is 3. The first kappa shape index (κ1) is 7.41. The highest BCUT2D eigenvalue weighted by molar-refractivity contribution is 5.41. The molecular weight excluding hydrogens is 181 g/mol. The molecule has 1 N–H and O–H groups in total. The Balaban J connectivity index is 2.13. The summed E-state index contributed by atoms with van der Waals surface area (Å²) in [6.45, 7) is 0. The summed E-state index contributed by atoms with van der Waals surface area (Å²) in [4.78, 5) is 0. The molecule has 5 heteroatoms. The van der Waals surface area contributed by atoms with Crippen LogP contribution in [0.4, 0.5) is 13.2 Å². The number of aromatic amines is 1. The van der Waals surface area contributed by atoms with E-state index in [0.29, 0.717) is 17.2 Å². The van der Waals surface area contributed by atoms with E-state index in [2.05, 4.69) is 10.2 Å². The van der Waals surface area contributed by atoms with Gasteiger partial charge < -0.3 is 0 Å². The third-order valence-electron chi connectivity index (χ3n) is 2.91. The van der Waals surface area contributed by atoms with Gasteiger partial charge in [0.1, 0.15) is 0 Å². The van der Waals surface area contributed by atoms with Crippen LogP contribution in [0.15, 0.2) is 0 Å². The second kappa shape index (κ2) is 1.91. The number of halogens is 3. The zero-order valence-corrected chi connectivity index (χ0v) is 6.65. The van der Waals surface area contributed by atoms with E-state index in [4.69, 9.17) is 0 Å². The van der Waals surface area contributed by atoms with Crippen molar-refractivity contribution in [3.8, 4) is 0 Å². The molecule has 2 aliphatic rings. The van der Waals surface area contributed by atoms with Crippen molar-refractivity contribution in [2.24, 2.45) is 5.92 Å². The highest BCUT2D eigenvalue weighted by atomic mass is 19.4. The number of fused-ring (bicyclic) bond motifs is 3. The summed E-state index contributed by atoms with van der Waals surface area (Å²) in [6.07, 6.45) is -2.62. The topological polar surface area (TPSA) is 28.7 Å². The molecule has 3 rings (SSSR count). The second-order valence-corrected chi connectivity index (χ2v) is 3.77. The minimum atomic E-state index is -4.29. The minimum absolute atomic E-state index is 0.144. The van der Waals surface area contributed by atoms with Crippen LogP contribution in [-0.4, -0.2) is 10.2 Å². The lowest BCUT2D eigenvalue weighted by atomic mass is 10.1. The maximum atomic E-state index is 12.4. The average Bonchev–Trinajstić information content (AvgIpc) is 2.51. The molecule has 0 spiro atoms. The summed E-state index contributed by atoms with van der Waals surface area (Å²) in [5.41, 5.74) is 0.457. The van der Waals surface area contributed by atoms with Crippen molar-refractivity contribution < 1.29 is 13.2 Å². The first-order valence-corrected chi connectivity index (χ1v) is 4.21. The monoisotopic (exact) mass is 188 g/mol. The van der Waals surface area contributed by atoms with Crippen LogP contribution in [0.25, 0.3) is 0 Å². The minimum Gasteiger partial charge on any atom is -0.282 e. The fraction of sp³-hybridized carbons (Fsp3) is 0.625. The van der Waals surface area contributed by atoms with Crippen molar-refractivity contribution >= 4 is 0 Å². The molecule has 1 aromatic rings. The molecule has 1 saturated carbocycles. The normalized spacial score (nSPS) is 30.1. The Hall–Kier alpha value is -1.00. The summed E-state index contributed by atoms with van der Waals surface area (Å²) >= 11 is 0. The number of hydrogen-bond acceptors (Lipinski definition) is 1. The van der Waals surface area contributed by atoms with E-state index in [-0.39, 0.29) is 5.92 Å². The Kier molecular flexibility index (Phi) is 1.09. The summed E-state index contributed by atoms with van der Waals surface area (Å²) in [5, 5.41) is 5.82. The van der Waals surface area contributed by atoms with Crippen molar-refractivity contribution in [2.75, 3.05) is 0 Å². The molecule has 0 bridgehead atoms. The van der Waals surface area contributed by atoms with Gasteiger partial charge in [0.05, 0.1) is 0 Å². The van der Waals surface area contributed by atoms with Crippen molar-refractivity contribution in [1.82, 2.24) is 10.2 Å². The number of H-pyrrole nitrogens is 1. The van der Waals surface area contributed by atoms with Crippen LogP contribution < -0.4 is 0 Å². The molecule has 0 radical (unpaired) electrons. The highest BCUT2D eigenvalue weighted by Crippen LogP contribution is 2.58. The molecule has 1 aromatic heterocycles. The van der Waals surface area contributed by atoms with E-state index in [1.807, 2.05) is 0 Å². The largest absolute Gasteiger partial charge is 0.435 e. The lowest BCUT2D eigenvalue weighted by molar-refractivity contribution is -0.141. The van der Waals surface area contributed by atoms with E-state index in [0.717, 1.165) is 12.8 Å². The van der Waals surface area contributed by atoms with E-state index in [9.17, 15) is 13.2 Å². The van der Waals surface area contributed by atoms with Gasteiger partial charge in [-0.15, -0.1) is 0 Å². The molecule has 13 heavy (non-hydrogen) atoms. The zero-order valence-electron chi connectivity index (χ0n) is 6.65. The molecule has 0 amide bonds. The van der Waals surface area contributed by atoms with Gasteiger partial charge in [-0.25, -0.2) is 0 Å². The molecule has 0 aromatic carbocycles. The molecule has 2 aliphatic carbocycles. The Morgan fingerprint density at radius 2 is 2.15 bits per heavy atom. The maximum Gasteiger partial charge on any atom is 0.435 e. The van der Waals surface area contributed by atoms with Crippen LogP contribution in [0.3, 0.4) is 0 Å². The number of nitrogens with one attached hydrogen (secondary N) is 1. The van der Waals surface area contributed by atoms with Gasteiger partial charge in [0.25, 0.3) is 0 Å². The Bertz CT molecular complexity index is 366. The lowest BCUT2D eigenvalue weighted by Crippen LogP contribution is -2.08. The molecule has 2 unspecified atom stereocenters. The summed E-state index contributed by atoms with van der Waals surface area (Å²) in [7, 11) is 0. The van der Waals surface area contributed by atoms with Gasteiger partial charge in [-0.3, -0.25) is 5.10 Å². The third-order valence-corrected chi connectivity index (χ3v) is 2.91. The van der Waals surface area contributed by atoms with Gasteiger partial charge in [0, 0.05) is 11.3 Å². The van der Waals surface area contributed by atoms with E-state index in [1.165, 1.54) is 0 Å². The van der Waals surface area contributed by atoms with E-state index >= 15 is 0 Å². The molecule has 0 saturated heterocycles. The van der Waals surface area contributed by atoms with Gasteiger partial charge in [0.15, 0.2) is 5.69 Å². The highest BCUT2D eigenvalue weighted by Gasteiger charge is 2.52. The molecule has 70 valence electrons. The molecule has 1 fully saturated rings. The fourth-order valence-corrected chi connectivity index (χ4v) is 2.25. The third kappa shape index (κ3) is 0.870. The maximum absolute atomic E-state index is 12.4. The Morgan fingerprint density at radius 3 is 2.85 bits per heavy atom. The molecule has 1 heterocycles. The van der Waals surface area contributed by atoms with Gasteiger partial charge in [-0.1, -0.05) is 0 Å². The number of aromatic nitrogens is 2. The summed E-state index contributed by atoms with van der Waals surface area (Å²) < 4.78 is 37.2. The molecule has 2 atom stereocenters. The van der Waals surface area contributed by atoms with Crippen molar-refractivity contribution in [1.29, 1.82) is 0 Å². The number of nitrogens with zero attached hydrogens (tertiary/aromatic N) is 1. The van der Waals surface area contributed by atoms with Gasteiger partial charge in [-0.05, 0) is 24.7 Å². The van der Waals surface area contributed by atoms with Crippen molar-refractivity contribution in [3.63, 3.8) is 0 Å². The van der Waals surface area contributed by atoms with Crippen LogP contribution >= 0.6 is 0 Å². The summed E-state index contributed by atoms with van der Waals surface area (Å²) in [5.74, 6) is 0.607. The van der Waals surface area contributed by atoms with Gasteiger partial charge >= 0.3 is 6.18 Å². The molecular formula is C8H7F3N2. The first-order valence-electron chi connectivity index (χ1n) is 4.21. The standard InChI is InChI=1S/C8H7F3N2/c9-8(10,11)7-6-4-1-3(4)2-5(6)12-13-7/h3-4H,1-2H2,(H,12,13). The van der Waals surface area contributed by atoms with Crippen LogP contribution in [0, 0.1) is 5.92 Å². The Labute approximate surface area is 72.1 Å². The first-order chi connectivity index (χ1) is 6.07. The van der Waals surface area contributed by atoms with E-state index in [1.54, 1.807) is 0 Å². The smallest absolute Gasteiger partial charge is 0.282 e. The lowest BCUT2D eigenvalue weighted by Gasteiger charge is -2.03. The SMILES string of the molecule is FC(F)(F)c1n[nH]c2c1C1CC1C2. The number of hydrogen-bond donors (Lipinski definition) is 1. The van der Waals surface area contributed by atoms with Crippen LogP contribution in [-0.2, 0) is 12.6 Å². The van der Waals surface area contributed by atoms with Crippen LogP contribution in [0.1, 0.15) is 29.3 Å². The second-order valence-electron chi connectivity index (χ2n) is 3.77. The van der Waals surface area contributed by atoms with Gasteiger partial charge in [-0.2, -0.15) is 18.3 Å². The van der Waals surface area contributed by atoms with Crippen LogP contribution in [0.2, 0.25) is 0 Å². The summed E-state index contributed by atoms with van der Waals surface area (Å²) in [6, 6.07) is 0. The molecule has 0 aliphatic heterocycles. The fourth-order valence-electron chi connectivity index (χ4n) is 2.25. The van der Waals surface area contributed by atoms with E-state index < -0.39 is 11.9 Å².